The maximum atomic E-state index is 14.4. The van der Waals surface area contributed by atoms with Gasteiger partial charge in [-0.1, -0.05) is 17.7 Å². The van der Waals surface area contributed by atoms with Crippen LogP contribution in [0.4, 0.5) is 10.2 Å². The van der Waals surface area contributed by atoms with Crippen molar-refractivity contribution in [3.63, 3.8) is 0 Å². The maximum absolute atomic E-state index is 14.4. The van der Waals surface area contributed by atoms with E-state index >= 15 is 0 Å². The van der Waals surface area contributed by atoms with Gasteiger partial charge in [0.2, 0.25) is 5.91 Å². The molecule has 2 aromatic rings. The topological polar surface area (TPSA) is 101 Å². The fourth-order valence-electron chi connectivity index (χ4n) is 2.84. The van der Waals surface area contributed by atoms with Crippen molar-refractivity contribution in [2.75, 3.05) is 18.5 Å². The first-order chi connectivity index (χ1) is 13.4. The van der Waals surface area contributed by atoms with Crippen molar-refractivity contribution in [1.82, 2.24) is 4.98 Å². The second-order valence-corrected chi connectivity index (χ2v) is 6.42. The van der Waals surface area contributed by atoms with E-state index in [-0.39, 0.29) is 11.1 Å². The summed E-state index contributed by atoms with van der Waals surface area (Å²) in [6, 6.07) is 5.90. The van der Waals surface area contributed by atoms with E-state index in [0.29, 0.717) is 46.6 Å². The number of ether oxygens (including phenoxy) is 1. The zero-order valence-corrected chi connectivity index (χ0v) is 15.8. The first-order valence-electron chi connectivity index (χ1n) is 8.50. The number of benzene rings is 1. The Bertz CT molecular complexity index is 1020. The van der Waals surface area contributed by atoms with Crippen LogP contribution >= 0.6 is 11.6 Å². The number of hydrogen-bond acceptors (Lipinski definition) is 5. The molecule has 0 atom stereocenters. The third-order valence-electron chi connectivity index (χ3n) is 4.19. The number of halogens is 2. The third kappa shape index (κ3) is 3.89. The van der Waals surface area contributed by atoms with Gasteiger partial charge in [-0.3, -0.25) is 4.79 Å². The van der Waals surface area contributed by atoms with E-state index in [1.54, 1.807) is 19.1 Å². The molecule has 1 amide bonds. The Labute approximate surface area is 166 Å². The van der Waals surface area contributed by atoms with Crippen molar-refractivity contribution in [3.05, 3.63) is 58.4 Å². The number of aromatic nitrogens is 1. The Kier molecular flexibility index (Phi) is 5.75. The molecule has 0 unspecified atom stereocenters. The van der Waals surface area contributed by atoms with Crippen LogP contribution in [0.3, 0.4) is 0 Å². The van der Waals surface area contributed by atoms with E-state index < -0.39 is 11.7 Å². The van der Waals surface area contributed by atoms with Gasteiger partial charge >= 0.3 is 0 Å². The minimum atomic E-state index is -0.725. The summed E-state index contributed by atoms with van der Waals surface area (Å²) in [5.74, 6) is -0.246. The normalized spacial score (nSPS) is 14.0. The van der Waals surface area contributed by atoms with Crippen LogP contribution in [0.5, 0.6) is 5.75 Å². The summed E-state index contributed by atoms with van der Waals surface area (Å²) in [5.41, 5.74) is 7.12. The zero-order chi connectivity index (χ0) is 20.3. The van der Waals surface area contributed by atoms with Gasteiger partial charge in [-0.2, -0.15) is 0 Å². The molecule has 0 radical (unpaired) electrons. The molecular formula is C20H18ClFN4O2. The number of rotatable bonds is 5. The molecule has 1 aliphatic heterocycles. The Morgan fingerprint density at radius 1 is 1.43 bits per heavy atom. The molecule has 0 aliphatic carbocycles. The van der Waals surface area contributed by atoms with Crippen LogP contribution < -0.4 is 15.8 Å². The van der Waals surface area contributed by atoms with Gasteiger partial charge in [0.1, 0.15) is 12.4 Å². The number of hydrogen-bond donors (Lipinski definition) is 3. The van der Waals surface area contributed by atoms with Crippen LogP contribution in [-0.2, 0) is 4.79 Å². The fourth-order valence-corrected chi connectivity index (χ4v) is 3.01. The number of fused-ring (bicyclic) bond motifs is 1. The molecule has 6 nitrogen and oxygen atoms in total. The van der Waals surface area contributed by atoms with E-state index in [1.807, 2.05) is 0 Å². The quantitative estimate of drug-likeness (QED) is 0.403. The summed E-state index contributed by atoms with van der Waals surface area (Å²) >= 11 is 6.03. The largest absolute Gasteiger partial charge is 0.487 e. The van der Waals surface area contributed by atoms with Gasteiger partial charge in [-0.05, 0) is 42.8 Å². The van der Waals surface area contributed by atoms with Crippen molar-refractivity contribution < 1.29 is 13.9 Å². The molecule has 1 aromatic carbocycles. The lowest BCUT2D eigenvalue weighted by Gasteiger charge is -2.23. The standard InChI is InChI=1S/C20H18ClFN4O2/c1-2-11(7-12(10-23)19(24)27)14-9-17(15-8-13(21)3-4-16(15)22)26-20-18(14)28-6-5-25-20/h2-4,7-10,23H,5-6H2,1H3,(H2,24,27)(H,25,26)/b11-2+,12-7+,23-10?. The molecule has 0 saturated heterocycles. The Morgan fingerprint density at radius 3 is 2.89 bits per heavy atom. The number of nitrogens with two attached hydrogens (primary N) is 1. The second-order valence-electron chi connectivity index (χ2n) is 5.98. The summed E-state index contributed by atoms with van der Waals surface area (Å²) < 4.78 is 20.2. The highest BCUT2D eigenvalue weighted by Crippen LogP contribution is 2.39. The summed E-state index contributed by atoms with van der Waals surface area (Å²) in [6.07, 6.45) is 4.12. The van der Waals surface area contributed by atoms with E-state index in [0.717, 1.165) is 6.21 Å². The van der Waals surface area contributed by atoms with Gasteiger partial charge in [0.15, 0.2) is 11.6 Å². The lowest BCUT2D eigenvalue weighted by atomic mass is 9.99. The van der Waals surface area contributed by atoms with Gasteiger partial charge in [-0.25, -0.2) is 9.37 Å². The average molecular weight is 401 g/mol. The molecule has 4 N–H and O–H groups in total. The predicted octanol–water partition coefficient (Wildman–Crippen LogP) is 3.81. The second kappa shape index (κ2) is 8.22. The highest BCUT2D eigenvalue weighted by Gasteiger charge is 2.21. The van der Waals surface area contributed by atoms with E-state index in [1.165, 1.54) is 24.3 Å². The lowest BCUT2D eigenvalue weighted by Crippen LogP contribution is -2.20. The van der Waals surface area contributed by atoms with Crippen LogP contribution in [0.15, 0.2) is 42.0 Å². The Morgan fingerprint density at radius 2 is 2.21 bits per heavy atom. The molecular weight excluding hydrogens is 383 g/mol. The Balaban J connectivity index is 2.24. The molecule has 1 aliphatic rings. The minimum absolute atomic E-state index is 0.0258. The number of allylic oxidation sites excluding steroid dienone is 3. The van der Waals surface area contributed by atoms with E-state index in [4.69, 9.17) is 27.5 Å². The van der Waals surface area contributed by atoms with Crippen molar-refractivity contribution in [2.45, 2.75) is 6.92 Å². The number of anilines is 1. The van der Waals surface area contributed by atoms with Crippen LogP contribution in [0, 0.1) is 11.2 Å². The highest BCUT2D eigenvalue weighted by molar-refractivity contribution is 6.30. The molecule has 0 saturated carbocycles. The third-order valence-corrected chi connectivity index (χ3v) is 4.43. The number of nitrogens with one attached hydrogen (secondary N) is 2. The minimum Gasteiger partial charge on any atom is -0.487 e. The Hall–Kier alpha value is -3.19. The maximum Gasteiger partial charge on any atom is 0.250 e. The summed E-state index contributed by atoms with van der Waals surface area (Å²) in [4.78, 5) is 16.0. The van der Waals surface area contributed by atoms with E-state index in [2.05, 4.69) is 10.3 Å². The first kappa shape index (κ1) is 19.6. The molecule has 0 fully saturated rings. The van der Waals surface area contributed by atoms with Crippen LogP contribution in [0.2, 0.25) is 5.02 Å². The van der Waals surface area contributed by atoms with Gasteiger partial charge in [0, 0.05) is 22.4 Å². The number of carbonyl (C=O) groups excluding carboxylic acids is 1. The lowest BCUT2D eigenvalue weighted by molar-refractivity contribution is -0.114. The zero-order valence-electron chi connectivity index (χ0n) is 15.1. The number of primary amides is 1. The molecule has 28 heavy (non-hydrogen) atoms. The number of pyridine rings is 1. The number of carbonyl (C=O) groups is 1. The fraction of sp³-hybridized carbons (Fsp3) is 0.150. The highest BCUT2D eigenvalue weighted by atomic mass is 35.5. The summed E-state index contributed by atoms with van der Waals surface area (Å²) in [7, 11) is 0. The molecule has 3 rings (SSSR count). The van der Waals surface area contributed by atoms with Crippen LogP contribution in [0.1, 0.15) is 12.5 Å². The average Bonchev–Trinajstić information content (AvgIpc) is 2.69. The van der Waals surface area contributed by atoms with Gasteiger partial charge < -0.3 is 21.2 Å². The van der Waals surface area contributed by atoms with Crippen molar-refractivity contribution in [3.8, 4) is 17.0 Å². The van der Waals surface area contributed by atoms with Crippen molar-refractivity contribution in [1.29, 1.82) is 5.41 Å². The molecule has 2 heterocycles. The summed E-state index contributed by atoms with van der Waals surface area (Å²) in [6.45, 7) is 2.76. The monoisotopic (exact) mass is 400 g/mol. The van der Waals surface area contributed by atoms with Crippen LogP contribution in [-0.4, -0.2) is 30.3 Å². The van der Waals surface area contributed by atoms with E-state index in [9.17, 15) is 9.18 Å². The number of amides is 1. The smallest absolute Gasteiger partial charge is 0.250 e. The van der Waals surface area contributed by atoms with Gasteiger partial charge in [0.25, 0.3) is 0 Å². The SMILES string of the molecule is C/C=C(\C=C(/C=N)C(N)=O)c1cc(-c2cc(Cl)ccc2F)nc2c1OCCN2. The van der Waals surface area contributed by atoms with Crippen molar-refractivity contribution >= 4 is 35.1 Å². The molecule has 1 aromatic heterocycles. The predicted molar refractivity (Wildman–Crippen MR) is 108 cm³/mol. The summed E-state index contributed by atoms with van der Waals surface area (Å²) in [5, 5.41) is 10.9. The molecule has 0 spiro atoms. The van der Waals surface area contributed by atoms with Gasteiger partial charge in [0.05, 0.1) is 17.8 Å². The first-order valence-corrected chi connectivity index (χ1v) is 8.88. The van der Waals surface area contributed by atoms with Crippen LogP contribution in [0.25, 0.3) is 16.8 Å². The molecule has 144 valence electrons. The number of nitrogens with zero attached hydrogens (tertiary/aromatic N) is 1. The van der Waals surface area contributed by atoms with Gasteiger partial charge in [-0.15, -0.1) is 0 Å². The van der Waals surface area contributed by atoms with Crippen molar-refractivity contribution in [2.24, 2.45) is 5.73 Å². The molecule has 8 heteroatoms. The molecule has 0 bridgehead atoms.